The lowest BCUT2D eigenvalue weighted by Gasteiger charge is -2.10. The first-order valence-corrected chi connectivity index (χ1v) is 5.14. The third kappa shape index (κ3) is 4.84. The number of carboxylic acid groups (broad SMARTS) is 1. The van der Waals surface area contributed by atoms with Crippen LogP contribution in [-0.4, -0.2) is 23.5 Å². The second-order valence-electron chi connectivity index (χ2n) is 3.30. The highest BCUT2D eigenvalue weighted by Gasteiger charge is 2.23. The maximum atomic E-state index is 11.3. The Morgan fingerprint density at radius 1 is 1.29 bits per heavy atom. The van der Waals surface area contributed by atoms with Crippen LogP contribution in [-0.2, 0) is 9.59 Å². The number of rotatable bonds is 7. The van der Waals surface area contributed by atoms with Crippen LogP contribution >= 0.6 is 0 Å². The zero-order chi connectivity index (χ0) is 11.0. The molecule has 4 heteroatoms. The number of unbranched alkanes of at least 4 members (excludes halogenated alkanes) is 2. The smallest absolute Gasteiger partial charge is 0.316 e. The van der Waals surface area contributed by atoms with Crippen molar-refractivity contribution < 1.29 is 14.7 Å². The van der Waals surface area contributed by atoms with Gasteiger partial charge < -0.3 is 10.4 Å². The highest BCUT2D eigenvalue weighted by molar-refractivity contribution is 5.96. The number of carbonyl (C=O) groups excluding carboxylic acids is 1. The third-order valence-corrected chi connectivity index (χ3v) is 2.10. The van der Waals surface area contributed by atoms with Crippen molar-refractivity contribution in [2.75, 3.05) is 6.54 Å². The molecule has 0 bridgehead atoms. The van der Waals surface area contributed by atoms with E-state index in [-0.39, 0.29) is 5.91 Å². The maximum absolute atomic E-state index is 11.3. The van der Waals surface area contributed by atoms with Gasteiger partial charge in [0, 0.05) is 6.54 Å². The first-order valence-electron chi connectivity index (χ1n) is 5.14. The summed E-state index contributed by atoms with van der Waals surface area (Å²) in [5.41, 5.74) is 0. The van der Waals surface area contributed by atoms with Gasteiger partial charge in [0.25, 0.3) is 0 Å². The van der Waals surface area contributed by atoms with Crippen molar-refractivity contribution in [1.29, 1.82) is 0 Å². The molecular weight excluding hydrogens is 182 g/mol. The van der Waals surface area contributed by atoms with E-state index in [1.165, 1.54) is 0 Å². The maximum Gasteiger partial charge on any atom is 0.316 e. The molecule has 4 nitrogen and oxygen atoms in total. The molecular formula is C10H19NO3. The second kappa shape index (κ2) is 7.35. The fraction of sp³-hybridized carbons (Fsp3) is 0.800. The van der Waals surface area contributed by atoms with Crippen molar-refractivity contribution in [1.82, 2.24) is 5.32 Å². The Labute approximate surface area is 84.7 Å². The summed E-state index contributed by atoms with van der Waals surface area (Å²) in [6.07, 6.45) is 3.41. The number of carboxylic acids is 1. The first-order chi connectivity index (χ1) is 6.63. The molecule has 1 unspecified atom stereocenters. The molecule has 1 amide bonds. The SMILES string of the molecule is CCCCCNC(=O)C(CC)C(=O)O. The summed E-state index contributed by atoms with van der Waals surface area (Å²) >= 11 is 0. The zero-order valence-corrected chi connectivity index (χ0v) is 8.88. The summed E-state index contributed by atoms with van der Waals surface area (Å²) in [6.45, 7) is 4.36. The van der Waals surface area contributed by atoms with Gasteiger partial charge in [0.15, 0.2) is 0 Å². The van der Waals surface area contributed by atoms with Crippen molar-refractivity contribution in [3.05, 3.63) is 0 Å². The van der Waals surface area contributed by atoms with E-state index >= 15 is 0 Å². The number of hydrogen-bond donors (Lipinski definition) is 2. The minimum atomic E-state index is -1.04. The molecule has 1 atom stereocenters. The normalized spacial score (nSPS) is 12.1. The molecule has 82 valence electrons. The van der Waals surface area contributed by atoms with E-state index in [2.05, 4.69) is 12.2 Å². The lowest BCUT2D eigenvalue weighted by Crippen LogP contribution is -2.35. The van der Waals surface area contributed by atoms with Gasteiger partial charge in [-0.15, -0.1) is 0 Å². The molecule has 14 heavy (non-hydrogen) atoms. The Bertz CT molecular complexity index is 192. The van der Waals surface area contributed by atoms with Crippen LogP contribution in [0.15, 0.2) is 0 Å². The average Bonchev–Trinajstić information content (AvgIpc) is 2.13. The van der Waals surface area contributed by atoms with Crippen molar-refractivity contribution in [2.45, 2.75) is 39.5 Å². The van der Waals surface area contributed by atoms with Crippen LogP contribution < -0.4 is 5.32 Å². The van der Waals surface area contributed by atoms with Crippen LogP contribution in [0.5, 0.6) is 0 Å². The van der Waals surface area contributed by atoms with Crippen molar-refractivity contribution in [2.24, 2.45) is 5.92 Å². The molecule has 0 aromatic rings. The fourth-order valence-electron chi connectivity index (χ4n) is 1.18. The Morgan fingerprint density at radius 3 is 2.36 bits per heavy atom. The van der Waals surface area contributed by atoms with Crippen LogP contribution in [0.25, 0.3) is 0 Å². The molecule has 0 saturated heterocycles. The van der Waals surface area contributed by atoms with E-state index in [0.717, 1.165) is 19.3 Å². The van der Waals surface area contributed by atoms with Crippen molar-refractivity contribution in [3.8, 4) is 0 Å². The topological polar surface area (TPSA) is 66.4 Å². The van der Waals surface area contributed by atoms with Gasteiger partial charge in [-0.3, -0.25) is 9.59 Å². The highest BCUT2D eigenvalue weighted by atomic mass is 16.4. The standard InChI is InChI=1S/C10H19NO3/c1-3-5-6-7-11-9(12)8(4-2)10(13)14/h8H,3-7H2,1-2H3,(H,11,12)(H,13,14). The molecule has 0 aliphatic rings. The number of hydrogen-bond acceptors (Lipinski definition) is 2. The van der Waals surface area contributed by atoms with Crippen LogP contribution in [0.4, 0.5) is 0 Å². The van der Waals surface area contributed by atoms with E-state index in [1.54, 1.807) is 6.92 Å². The van der Waals surface area contributed by atoms with Gasteiger partial charge in [0.1, 0.15) is 5.92 Å². The van der Waals surface area contributed by atoms with E-state index in [1.807, 2.05) is 0 Å². The molecule has 0 radical (unpaired) electrons. The van der Waals surface area contributed by atoms with Crippen molar-refractivity contribution in [3.63, 3.8) is 0 Å². The third-order valence-electron chi connectivity index (χ3n) is 2.10. The summed E-state index contributed by atoms with van der Waals surface area (Å²) in [6, 6.07) is 0. The quantitative estimate of drug-likeness (QED) is 0.483. The van der Waals surface area contributed by atoms with E-state index in [9.17, 15) is 9.59 Å². The Balaban J connectivity index is 3.76. The average molecular weight is 201 g/mol. The predicted octanol–water partition coefficient (Wildman–Crippen LogP) is 1.40. The molecule has 0 spiro atoms. The number of carbonyl (C=O) groups is 2. The first kappa shape index (κ1) is 12.9. The minimum Gasteiger partial charge on any atom is -0.481 e. The summed E-state index contributed by atoms with van der Waals surface area (Å²) in [4.78, 5) is 21.9. The Kier molecular flexibility index (Phi) is 6.80. The van der Waals surface area contributed by atoms with E-state index < -0.39 is 11.9 Å². The Morgan fingerprint density at radius 2 is 1.93 bits per heavy atom. The molecule has 0 rings (SSSR count). The minimum absolute atomic E-state index is 0.342. The molecule has 0 saturated carbocycles. The molecule has 0 fully saturated rings. The van der Waals surface area contributed by atoms with E-state index in [4.69, 9.17) is 5.11 Å². The van der Waals surface area contributed by atoms with Gasteiger partial charge in [-0.1, -0.05) is 26.7 Å². The van der Waals surface area contributed by atoms with Gasteiger partial charge in [-0.05, 0) is 12.8 Å². The van der Waals surface area contributed by atoms with Gasteiger partial charge in [0.2, 0.25) is 5.91 Å². The lowest BCUT2D eigenvalue weighted by atomic mass is 10.1. The van der Waals surface area contributed by atoms with Crippen LogP contribution in [0, 0.1) is 5.92 Å². The summed E-state index contributed by atoms with van der Waals surface area (Å²) in [7, 11) is 0. The van der Waals surface area contributed by atoms with E-state index in [0.29, 0.717) is 13.0 Å². The van der Waals surface area contributed by atoms with Gasteiger partial charge in [-0.25, -0.2) is 0 Å². The lowest BCUT2D eigenvalue weighted by molar-refractivity contribution is -0.147. The molecule has 0 heterocycles. The van der Waals surface area contributed by atoms with Crippen LogP contribution in [0.3, 0.4) is 0 Å². The largest absolute Gasteiger partial charge is 0.481 e. The number of nitrogens with one attached hydrogen (secondary N) is 1. The Hall–Kier alpha value is -1.06. The fourth-order valence-corrected chi connectivity index (χ4v) is 1.18. The summed E-state index contributed by atoms with van der Waals surface area (Å²) in [5.74, 6) is -2.30. The van der Waals surface area contributed by atoms with Crippen LogP contribution in [0.2, 0.25) is 0 Å². The van der Waals surface area contributed by atoms with Crippen molar-refractivity contribution >= 4 is 11.9 Å². The van der Waals surface area contributed by atoms with Gasteiger partial charge in [-0.2, -0.15) is 0 Å². The zero-order valence-electron chi connectivity index (χ0n) is 8.88. The summed E-state index contributed by atoms with van der Waals surface area (Å²) < 4.78 is 0. The van der Waals surface area contributed by atoms with Gasteiger partial charge in [0.05, 0.1) is 0 Å². The number of aliphatic carboxylic acids is 1. The monoisotopic (exact) mass is 201 g/mol. The molecule has 0 aliphatic heterocycles. The summed E-state index contributed by atoms with van der Waals surface area (Å²) in [5, 5.41) is 11.3. The molecule has 0 aromatic heterocycles. The molecule has 2 N–H and O–H groups in total. The highest BCUT2D eigenvalue weighted by Crippen LogP contribution is 2.02. The second-order valence-corrected chi connectivity index (χ2v) is 3.30. The van der Waals surface area contributed by atoms with Gasteiger partial charge >= 0.3 is 5.97 Å². The number of amides is 1. The molecule has 0 aliphatic carbocycles. The molecule has 0 aromatic carbocycles. The van der Waals surface area contributed by atoms with Crippen LogP contribution in [0.1, 0.15) is 39.5 Å². The predicted molar refractivity (Wildman–Crippen MR) is 54.0 cm³/mol.